The van der Waals surface area contributed by atoms with Crippen molar-refractivity contribution in [3.63, 3.8) is 0 Å². The molecular formula is C11H5Cl3FN. The van der Waals surface area contributed by atoms with E-state index in [1.165, 1.54) is 30.5 Å². The summed E-state index contributed by atoms with van der Waals surface area (Å²) in [4.78, 5) is 3.91. The molecule has 0 aliphatic carbocycles. The Balaban J connectivity index is 2.69. The molecule has 5 heteroatoms. The third-order valence-corrected chi connectivity index (χ3v) is 3.03. The number of rotatable bonds is 1. The summed E-state index contributed by atoms with van der Waals surface area (Å²) in [5.74, 6) is -0.470. The lowest BCUT2D eigenvalue weighted by molar-refractivity contribution is 0.626. The monoisotopic (exact) mass is 275 g/mol. The molecule has 0 aliphatic heterocycles. The Morgan fingerprint density at radius 1 is 1.12 bits per heavy atom. The topological polar surface area (TPSA) is 12.9 Å². The zero-order chi connectivity index (χ0) is 11.7. The molecule has 0 atom stereocenters. The lowest BCUT2D eigenvalue weighted by atomic mass is 10.1. The van der Waals surface area contributed by atoms with Gasteiger partial charge in [0.2, 0.25) is 0 Å². The predicted octanol–water partition coefficient (Wildman–Crippen LogP) is 4.85. The summed E-state index contributed by atoms with van der Waals surface area (Å²) in [6, 6.07) is 5.82. The van der Waals surface area contributed by atoms with Crippen LogP contribution in [0.15, 0.2) is 30.5 Å². The number of hydrogen-bond acceptors (Lipinski definition) is 1. The first-order valence-corrected chi connectivity index (χ1v) is 5.48. The van der Waals surface area contributed by atoms with Crippen molar-refractivity contribution in [2.45, 2.75) is 0 Å². The van der Waals surface area contributed by atoms with Gasteiger partial charge in [-0.2, -0.15) is 0 Å². The number of benzene rings is 1. The molecule has 16 heavy (non-hydrogen) atoms. The second-order valence-electron chi connectivity index (χ2n) is 3.08. The second-order valence-corrected chi connectivity index (χ2v) is 4.30. The zero-order valence-electron chi connectivity index (χ0n) is 7.85. The Kier molecular flexibility index (Phi) is 3.33. The molecule has 0 saturated carbocycles. The summed E-state index contributed by atoms with van der Waals surface area (Å²) in [5, 5.41) is 0.896. The fourth-order valence-corrected chi connectivity index (χ4v) is 2.00. The van der Waals surface area contributed by atoms with Crippen LogP contribution in [0.25, 0.3) is 11.3 Å². The fourth-order valence-electron chi connectivity index (χ4n) is 1.31. The lowest BCUT2D eigenvalue weighted by Crippen LogP contribution is -1.89. The highest BCUT2D eigenvalue weighted by Gasteiger charge is 2.13. The molecule has 2 rings (SSSR count). The summed E-state index contributed by atoms with van der Waals surface area (Å²) >= 11 is 17.7. The molecule has 0 aliphatic rings. The molecule has 1 aromatic carbocycles. The van der Waals surface area contributed by atoms with Crippen LogP contribution in [0.5, 0.6) is 0 Å². The Morgan fingerprint density at radius 3 is 2.56 bits per heavy atom. The Labute approximate surface area is 107 Å². The maximum absolute atomic E-state index is 13.5. The van der Waals surface area contributed by atoms with Gasteiger partial charge in [-0.1, -0.05) is 34.8 Å². The van der Waals surface area contributed by atoms with Gasteiger partial charge in [0.15, 0.2) is 0 Å². The minimum Gasteiger partial charge on any atom is -0.253 e. The van der Waals surface area contributed by atoms with Crippen molar-refractivity contribution < 1.29 is 4.39 Å². The highest BCUT2D eigenvalue weighted by atomic mass is 35.5. The molecule has 0 fully saturated rings. The standard InChI is InChI=1S/C11H5Cl3FN/c12-6-4-7(10(14)8(13)5-6)11-9(15)2-1-3-16-11/h1-5H. The van der Waals surface area contributed by atoms with Gasteiger partial charge in [0, 0.05) is 16.8 Å². The first-order valence-electron chi connectivity index (χ1n) is 4.35. The van der Waals surface area contributed by atoms with Gasteiger partial charge in [-0.05, 0) is 24.3 Å². The van der Waals surface area contributed by atoms with Gasteiger partial charge in [-0.15, -0.1) is 0 Å². The van der Waals surface area contributed by atoms with Crippen LogP contribution in [0.1, 0.15) is 0 Å². The number of nitrogens with zero attached hydrogens (tertiary/aromatic N) is 1. The first kappa shape index (κ1) is 11.6. The van der Waals surface area contributed by atoms with Gasteiger partial charge in [-0.25, -0.2) is 4.39 Å². The summed E-state index contributed by atoms with van der Waals surface area (Å²) in [7, 11) is 0. The van der Waals surface area contributed by atoms with Gasteiger partial charge in [0.05, 0.1) is 10.0 Å². The number of halogens is 4. The van der Waals surface area contributed by atoms with E-state index in [9.17, 15) is 4.39 Å². The molecule has 0 N–H and O–H groups in total. The normalized spacial score (nSPS) is 10.5. The number of hydrogen-bond donors (Lipinski definition) is 0. The summed E-state index contributed by atoms with van der Waals surface area (Å²) < 4.78 is 13.5. The average molecular weight is 277 g/mol. The summed E-state index contributed by atoms with van der Waals surface area (Å²) in [6.07, 6.45) is 1.48. The molecule has 0 bridgehead atoms. The minimum absolute atomic E-state index is 0.136. The SMILES string of the molecule is Fc1cccnc1-c1cc(Cl)cc(Cl)c1Cl. The van der Waals surface area contributed by atoms with Crippen molar-refractivity contribution in [1.82, 2.24) is 4.98 Å². The zero-order valence-corrected chi connectivity index (χ0v) is 10.1. The Bertz CT molecular complexity index is 543. The van der Waals surface area contributed by atoms with E-state index >= 15 is 0 Å². The van der Waals surface area contributed by atoms with E-state index in [0.29, 0.717) is 10.6 Å². The van der Waals surface area contributed by atoms with Crippen LogP contribution in [0.3, 0.4) is 0 Å². The van der Waals surface area contributed by atoms with Crippen molar-refractivity contribution in [2.24, 2.45) is 0 Å². The van der Waals surface area contributed by atoms with Gasteiger partial charge in [-0.3, -0.25) is 4.98 Å². The summed E-state index contributed by atoms with van der Waals surface area (Å²) in [5.41, 5.74) is 0.522. The summed E-state index contributed by atoms with van der Waals surface area (Å²) in [6.45, 7) is 0. The maximum atomic E-state index is 13.5. The van der Waals surface area contributed by atoms with Crippen LogP contribution in [0.4, 0.5) is 4.39 Å². The van der Waals surface area contributed by atoms with Crippen molar-refractivity contribution in [2.75, 3.05) is 0 Å². The molecule has 0 amide bonds. The highest BCUT2D eigenvalue weighted by Crippen LogP contribution is 2.36. The third-order valence-electron chi connectivity index (χ3n) is 2.01. The molecular weight excluding hydrogens is 271 g/mol. The van der Waals surface area contributed by atoms with Crippen molar-refractivity contribution in [3.05, 3.63) is 51.3 Å². The Hall–Kier alpha value is -0.830. The molecule has 2 aromatic rings. The molecule has 0 radical (unpaired) electrons. The average Bonchev–Trinajstić information content (AvgIpc) is 2.24. The van der Waals surface area contributed by atoms with Crippen LogP contribution in [-0.2, 0) is 0 Å². The van der Waals surface area contributed by atoms with E-state index in [0.717, 1.165) is 0 Å². The molecule has 0 spiro atoms. The van der Waals surface area contributed by atoms with Crippen molar-refractivity contribution in [3.8, 4) is 11.3 Å². The maximum Gasteiger partial charge on any atom is 0.149 e. The molecule has 1 nitrogen and oxygen atoms in total. The fraction of sp³-hybridized carbons (Fsp3) is 0. The van der Waals surface area contributed by atoms with E-state index in [-0.39, 0.29) is 15.7 Å². The van der Waals surface area contributed by atoms with E-state index < -0.39 is 5.82 Å². The Morgan fingerprint density at radius 2 is 1.88 bits per heavy atom. The van der Waals surface area contributed by atoms with Gasteiger partial charge in [0.25, 0.3) is 0 Å². The smallest absolute Gasteiger partial charge is 0.149 e. The largest absolute Gasteiger partial charge is 0.253 e. The molecule has 82 valence electrons. The van der Waals surface area contributed by atoms with Crippen LogP contribution in [-0.4, -0.2) is 4.98 Å². The van der Waals surface area contributed by atoms with Crippen LogP contribution in [0, 0.1) is 5.82 Å². The minimum atomic E-state index is -0.470. The quantitative estimate of drug-likeness (QED) is 0.679. The van der Waals surface area contributed by atoms with E-state index in [2.05, 4.69) is 4.98 Å². The molecule has 0 saturated heterocycles. The van der Waals surface area contributed by atoms with Crippen LogP contribution < -0.4 is 0 Å². The lowest BCUT2D eigenvalue weighted by Gasteiger charge is -2.06. The number of pyridine rings is 1. The molecule has 0 unspecified atom stereocenters. The van der Waals surface area contributed by atoms with E-state index in [4.69, 9.17) is 34.8 Å². The van der Waals surface area contributed by atoms with Crippen molar-refractivity contribution >= 4 is 34.8 Å². The highest BCUT2D eigenvalue weighted by molar-refractivity contribution is 6.45. The molecule has 1 aromatic heterocycles. The van der Waals surface area contributed by atoms with Gasteiger partial charge < -0.3 is 0 Å². The van der Waals surface area contributed by atoms with Crippen LogP contribution >= 0.6 is 34.8 Å². The second kappa shape index (κ2) is 4.58. The van der Waals surface area contributed by atoms with Crippen molar-refractivity contribution in [1.29, 1.82) is 0 Å². The van der Waals surface area contributed by atoms with Gasteiger partial charge in [0.1, 0.15) is 11.5 Å². The van der Waals surface area contributed by atoms with Crippen LogP contribution in [0.2, 0.25) is 15.1 Å². The number of aromatic nitrogens is 1. The van der Waals surface area contributed by atoms with E-state index in [1.807, 2.05) is 0 Å². The van der Waals surface area contributed by atoms with E-state index in [1.54, 1.807) is 0 Å². The third kappa shape index (κ3) is 2.14. The predicted molar refractivity (Wildman–Crippen MR) is 64.7 cm³/mol. The van der Waals surface area contributed by atoms with Gasteiger partial charge >= 0.3 is 0 Å². The first-order chi connectivity index (χ1) is 7.59. The molecule has 1 heterocycles.